The lowest BCUT2D eigenvalue weighted by Crippen LogP contribution is -2.55. The largest absolute Gasteiger partial charge is 0.490 e. The van der Waals surface area contributed by atoms with Gasteiger partial charge in [0.15, 0.2) is 0 Å². The van der Waals surface area contributed by atoms with E-state index in [4.69, 9.17) is 14.2 Å². The zero-order chi connectivity index (χ0) is 24.7. The lowest BCUT2D eigenvalue weighted by molar-refractivity contribution is -0.138. The van der Waals surface area contributed by atoms with Crippen molar-refractivity contribution < 1.29 is 28.9 Å². The molecule has 0 saturated carbocycles. The summed E-state index contributed by atoms with van der Waals surface area (Å²) in [4.78, 5) is 30.3. The quantitative estimate of drug-likeness (QED) is 0.641. The molecular weight excluding hydrogens is 438 g/mol. The molecule has 190 valence electrons. The molecule has 3 rings (SSSR count). The van der Waals surface area contributed by atoms with Crippen LogP contribution in [-0.2, 0) is 14.3 Å². The molecule has 0 unspecified atom stereocenters. The van der Waals surface area contributed by atoms with Crippen molar-refractivity contribution in [3.63, 3.8) is 0 Å². The second-order valence-corrected chi connectivity index (χ2v) is 9.40. The number of methoxy groups -OCH3 is 1. The van der Waals surface area contributed by atoms with E-state index in [0.717, 1.165) is 18.4 Å². The van der Waals surface area contributed by atoms with Crippen LogP contribution in [0.5, 0.6) is 5.75 Å². The normalized spacial score (nSPS) is 22.4. The maximum Gasteiger partial charge on any atom is 0.409 e. The molecule has 2 amide bonds. The molecule has 1 aromatic rings. The van der Waals surface area contributed by atoms with Gasteiger partial charge in [0.05, 0.1) is 13.2 Å². The van der Waals surface area contributed by atoms with Gasteiger partial charge in [0.25, 0.3) is 0 Å². The molecule has 0 spiro atoms. The molecule has 34 heavy (non-hydrogen) atoms. The molecule has 2 saturated heterocycles. The van der Waals surface area contributed by atoms with Crippen LogP contribution in [0.2, 0.25) is 0 Å². The summed E-state index contributed by atoms with van der Waals surface area (Å²) in [6, 6.07) is 6.07. The molecule has 2 aliphatic heterocycles. The highest BCUT2D eigenvalue weighted by molar-refractivity contribution is 5.77. The van der Waals surface area contributed by atoms with Crippen LogP contribution >= 0.6 is 0 Å². The van der Waals surface area contributed by atoms with Gasteiger partial charge >= 0.3 is 6.09 Å². The van der Waals surface area contributed by atoms with Crippen LogP contribution in [0.3, 0.4) is 0 Å². The van der Waals surface area contributed by atoms with Crippen molar-refractivity contribution >= 4 is 12.0 Å². The number of nitrogens with zero attached hydrogens (tertiary/aromatic N) is 3. The van der Waals surface area contributed by atoms with Gasteiger partial charge < -0.3 is 29.1 Å². The monoisotopic (exact) mass is 477 g/mol. The summed E-state index contributed by atoms with van der Waals surface area (Å²) in [5, 5.41) is 11.6. The molecule has 2 heterocycles. The number of hydrogen-bond acceptors (Lipinski definition) is 7. The number of aryl methyl sites for hydroxylation is 2. The van der Waals surface area contributed by atoms with Gasteiger partial charge in [0, 0.05) is 45.9 Å². The van der Waals surface area contributed by atoms with Crippen LogP contribution in [0.15, 0.2) is 18.2 Å². The third-order valence-corrected chi connectivity index (χ3v) is 6.75. The fourth-order valence-corrected chi connectivity index (χ4v) is 4.67. The number of piperidine rings is 1. The number of β-amino-alcohol motifs (C(OH)–C–C–N with tert-alkyl or cyclic N) is 1. The fraction of sp³-hybridized carbons (Fsp3) is 0.680. The molecule has 0 aromatic heterocycles. The SMILES string of the molecule is CCOC(=O)N1CCC(N2CCN(C(=O)COC)C[C@@](O)(COc3ccc(C)c(C)c3)C2)CC1. The molecule has 1 aromatic carbocycles. The van der Waals surface area contributed by atoms with Gasteiger partial charge in [-0.15, -0.1) is 0 Å². The Morgan fingerprint density at radius 2 is 1.79 bits per heavy atom. The summed E-state index contributed by atoms with van der Waals surface area (Å²) in [7, 11) is 1.49. The third-order valence-electron chi connectivity index (χ3n) is 6.75. The minimum Gasteiger partial charge on any atom is -0.490 e. The predicted molar refractivity (Wildman–Crippen MR) is 128 cm³/mol. The number of ether oxygens (including phenoxy) is 3. The van der Waals surface area contributed by atoms with Gasteiger partial charge in [-0.3, -0.25) is 9.69 Å². The number of hydrogen-bond donors (Lipinski definition) is 1. The van der Waals surface area contributed by atoms with E-state index in [0.29, 0.717) is 45.1 Å². The number of amides is 2. The highest BCUT2D eigenvalue weighted by atomic mass is 16.6. The molecule has 2 aliphatic rings. The highest BCUT2D eigenvalue weighted by Crippen LogP contribution is 2.25. The molecule has 9 heteroatoms. The second kappa shape index (κ2) is 11.9. The third kappa shape index (κ3) is 6.84. The number of likely N-dealkylation sites (tertiary alicyclic amines) is 1. The van der Waals surface area contributed by atoms with Crippen LogP contribution in [0, 0.1) is 13.8 Å². The highest BCUT2D eigenvalue weighted by Gasteiger charge is 2.40. The van der Waals surface area contributed by atoms with Gasteiger partial charge in [0.2, 0.25) is 5.91 Å². The zero-order valence-corrected chi connectivity index (χ0v) is 20.9. The fourth-order valence-electron chi connectivity index (χ4n) is 4.67. The van der Waals surface area contributed by atoms with E-state index >= 15 is 0 Å². The van der Waals surface area contributed by atoms with Gasteiger partial charge in [-0.1, -0.05) is 6.07 Å². The van der Waals surface area contributed by atoms with Crippen molar-refractivity contribution in [1.29, 1.82) is 0 Å². The summed E-state index contributed by atoms with van der Waals surface area (Å²) in [6.45, 7) is 9.24. The summed E-state index contributed by atoms with van der Waals surface area (Å²) in [6.07, 6.45) is 1.31. The van der Waals surface area contributed by atoms with Crippen LogP contribution in [0.25, 0.3) is 0 Å². The van der Waals surface area contributed by atoms with Crippen LogP contribution in [0.1, 0.15) is 30.9 Å². The average Bonchev–Trinajstić information content (AvgIpc) is 3.00. The molecule has 0 aliphatic carbocycles. The number of benzene rings is 1. The number of rotatable bonds is 7. The molecule has 1 N–H and O–H groups in total. The number of carbonyl (C=O) groups excluding carboxylic acids is 2. The standard InChI is InChI=1S/C25H39N3O6/c1-5-33-24(30)26-10-8-21(9-11-26)27-12-13-28(23(29)15-32-4)17-25(31,16-27)18-34-22-7-6-19(2)20(3)14-22/h6-7,14,21,31H,5,8-13,15-18H2,1-4H3/t25-/m1/s1. The first-order valence-corrected chi connectivity index (χ1v) is 12.1. The smallest absolute Gasteiger partial charge is 0.409 e. The number of aliphatic hydroxyl groups is 1. The van der Waals surface area contributed by atoms with Crippen molar-refractivity contribution in [2.45, 2.75) is 45.3 Å². The van der Waals surface area contributed by atoms with Gasteiger partial charge in [-0.25, -0.2) is 4.79 Å². The number of carbonyl (C=O) groups is 2. The van der Waals surface area contributed by atoms with Gasteiger partial charge in [-0.05, 0) is 56.9 Å². The Morgan fingerprint density at radius 3 is 2.44 bits per heavy atom. The minimum absolute atomic E-state index is 0.0218. The first-order chi connectivity index (χ1) is 16.2. The maximum absolute atomic E-state index is 12.6. The van der Waals surface area contributed by atoms with Crippen molar-refractivity contribution in [3.05, 3.63) is 29.3 Å². The predicted octanol–water partition coefficient (Wildman–Crippen LogP) is 1.82. The minimum atomic E-state index is -1.24. The van der Waals surface area contributed by atoms with E-state index in [9.17, 15) is 14.7 Å². The maximum atomic E-state index is 12.6. The first-order valence-electron chi connectivity index (χ1n) is 12.1. The lowest BCUT2D eigenvalue weighted by Gasteiger charge is -2.40. The average molecular weight is 478 g/mol. The Morgan fingerprint density at radius 1 is 1.06 bits per heavy atom. The van der Waals surface area contributed by atoms with Crippen LogP contribution in [0.4, 0.5) is 4.79 Å². The second-order valence-electron chi connectivity index (χ2n) is 9.40. The summed E-state index contributed by atoms with van der Waals surface area (Å²) in [5.74, 6) is 0.552. The van der Waals surface area contributed by atoms with E-state index in [-0.39, 0.29) is 37.8 Å². The molecule has 0 radical (unpaired) electrons. The molecule has 0 bridgehead atoms. The molecule has 2 fully saturated rings. The van der Waals surface area contributed by atoms with Crippen molar-refractivity contribution in [2.75, 3.05) is 66.2 Å². The Kier molecular flexibility index (Phi) is 9.16. The lowest BCUT2D eigenvalue weighted by atomic mass is 9.99. The van der Waals surface area contributed by atoms with E-state index in [1.807, 2.05) is 32.0 Å². The Bertz CT molecular complexity index is 842. The van der Waals surface area contributed by atoms with E-state index in [1.54, 1.807) is 16.7 Å². The Balaban J connectivity index is 1.70. The van der Waals surface area contributed by atoms with Crippen LogP contribution < -0.4 is 4.74 Å². The van der Waals surface area contributed by atoms with Gasteiger partial charge in [-0.2, -0.15) is 0 Å². The van der Waals surface area contributed by atoms with Crippen molar-refractivity contribution in [3.8, 4) is 5.75 Å². The van der Waals surface area contributed by atoms with E-state index in [1.165, 1.54) is 12.7 Å². The summed E-state index contributed by atoms with van der Waals surface area (Å²) >= 11 is 0. The van der Waals surface area contributed by atoms with Crippen molar-refractivity contribution in [1.82, 2.24) is 14.7 Å². The summed E-state index contributed by atoms with van der Waals surface area (Å²) < 4.78 is 16.2. The van der Waals surface area contributed by atoms with E-state index in [2.05, 4.69) is 4.90 Å². The zero-order valence-electron chi connectivity index (χ0n) is 20.9. The Hall–Kier alpha value is -2.36. The van der Waals surface area contributed by atoms with Crippen molar-refractivity contribution in [2.24, 2.45) is 0 Å². The van der Waals surface area contributed by atoms with Gasteiger partial charge in [0.1, 0.15) is 24.6 Å². The molecule has 1 atom stereocenters. The molecule has 9 nitrogen and oxygen atoms in total. The topological polar surface area (TPSA) is 91.8 Å². The molecular formula is C25H39N3O6. The first kappa shape index (κ1) is 26.2. The van der Waals surface area contributed by atoms with E-state index < -0.39 is 5.60 Å². The Labute approximate surface area is 202 Å². The summed E-state index contributed by atoms with van der Waals surface area (Å²) in [5.41, 5.74) is 1.06. The van der Waals surface area contributed by atoms with Crippen LogP contribution in [-0.4, -0.2) is 110 Å².